The number of carbonyl (C=O) groups is 1. The van der Waals surface area contributed by atoms with Crippen LogP contribution in [0.2, 0.25) is 0 Å². The van der Waals surface area contributed by atoms with Crippen LogP contribution >= 0.6 is 0 Å². The van der Waals surface area contributed by atoms with Gasteiger partial charge in [0, 0.05) is 5.54 Å². The van der Waals surface area contributed by atoms with Crippen molar-refractivity contribution in [2.24, 2.45) is 0 Å². The van der Waals surface area contributed by atoms with Gasteiger partial charge in [-0.15, -0.1) is 0 Å². The van der Waals surface area contributed by atoms with E-state index in [0.717, 1.165) is 0 Å². The van der Waals surface area contributed by atoms with Crippen molar-refractivity contribution in [2.45, 2.75) is 45.4 Å². The van der Waals surface area contributed by atoms with Crippen LogP contribution in [0.1, 0.15) is 50.1 Å². The quantitative estimate of drug-likeness (QED) is 0.732. The molecule has 0 aromatic carbocycles. The molecule has 1 aromatic rings. The van der Waals surface area contributed by atoms with E-state index in [-0.39, 0.29) is 11.8 Å². The number of hydrogen-bond acceptors (Lipinski definition) is 4. The molecule has 1 aromatic heterocycles. The van der Waals surface area contributed by atoms with E-state index < -0.39 is 17.6 Å². The first kappa shape index (κ1) is 13.7. The number of aliphatic hydroxyl groups excluding tert-OH is 1. The van der Waals surface area contributed by atoms with E-state index >= 15 is 0 Å². The Kier molecular flexibility index (Phi) is 3.95. The molecule has 1 heterocycles. The van der Waals surface area contributed by atoms with Crippen LogP contribution in [0, 0.1) is 0 Å². The van der Waals surface area contributed by atoms with E-state index in [1.54, 1.807) is 13.0 Å². The standard InChI is InChI=1S/C12H19NO4/c1-7(13-12(3,4)8(2)14)9-5-6-10(17-9)11(15)16/h5-8,13-14H,1-4H3,(H,15,16). The van der Waals surface area contributed by atoms with Gasteiger partial charge in [-0.05, 0) is 39.8 Å². The molecule has 17 heavy (non-hydrogen) atoms. The lowest BCUT2D eigenvalue weighted by molar-refractivity contribution is 0.0654. The third-order valence-corrected chi connectivity index (χ3v) is 2.90. The minimum atomic E-state index is -1.08. The zero-order valence-corrected chi connectivity index (χ0v) is 10.5. The smallest absolute Gasteiger partial charge is 0.371 e. The Morgan fingerprint density at radius 2 is 2.00 bits per heavy atom. The average Bonchev–Trinajstić information content (AvgIpc) is 2.65. The molecule has 0 aliphatic heterocycles. The van der Waals surface area contributed by atoms with E-state index in [2.05, 4.69) is 5.32 Å². The molecule has 0 amide bonds. The van der Waals surface area contributed by atoms with Crippen molar-refractivity contribution in [1.29, 1.82) is 0 Å². The predicted molar refractivity (Wildman–Crippen MR) is 63.0 cm³/mol. The number of carboxylic acids is 1. The molecule has 0 spiro atoms. The molecule has 96 valence electrons. The van der Waals surface area contributed by atoms with Gasteiger partial charge in [-0.25, -0.2) is 4.79 Å². The maximum atomic E-state index is 10.7. The summed E-state index contributed by atoms with van der Waals surface area (Å²) in [4.78, 5) is 10.7. The monoisotopic (exact) mass is 241 g/mol. The Morgan fingerprint density at radius 3 is 2.41 bits per heavy atom. The molecule has 0 aliphatic rings. The van der Waals surface area contributed by atoms with Gasteiger partial charge in [0.15, 0.2) is 0 Å². The van der Waals surface area contributed by atoms with Crippen molar-refractivity contribution in [2.75, 3.05) is 0 Å². The van der Waals surface area contributed by atoms with Gasteiger partial charge in [0.25, 0.3) is 0 Å². The van der Waals surface area contributed by atoms with E-state index in [4.69, 9.17) is 9.52 Å². The van der Waals surface area contributed by atoms with Gasteiger partial charge < -0.3 is 19.9 Å². The molecule has 1 rings (SSSR count). The van der Waals surface area contributed by atoms with E-state index in [1.807, 2.05) is 20.8 Å². The van der Waals surface area contributed by atoms with Crippen molar-refractivity contribution in [1.82, 2.24) is 5.32 Å². The summed E-state index contributed by atoms with van der Waals surface area (Å²) in [6.45, 7) is 7.30. The van der Waals surface area contributed by atoms with Gasteiger partial charge in [0.05, 0.1) is 12.1 Å². The SMILES string of the molecule is CC(NC(C)(C)C(C)O)c1ccc(C(=O)O)o1. The Bertz CT molecular complexity index is 395. The fourth-order valence-corrected chi connectivity index (χ4v) is 1.45. The first-order valence-corrected chi connectivity index (χ1v) is 5.53. The van der Waals surface area contributed by atoms with Crippen LogP contribution in [0.3, 0.4) is 0 Å². The Hall–Kier alpha value is -1.33. The number of furan rings is 1. The van der Waals surface area contributed by atoms with Crippen LogP contribution in [0.25, 0.3) is 0 Å². The molecule has 0 radical (unpaired) electrons. The van der Waals surface area contributed by atoms with Gasteiger partial charge in [0.1, 0.15) is 5.76 Å². The second-order valence-electron chi connectivity index (χ2n) is 4.77. The summed E-state index contributed by atoms with van der Waals surface area (Å²) in [7, 11) is 0. The number of aromatic carboxylic acids is 1. The van der Waals surface area contributed by atoms with Gasteiger partial charge in [-0.2, -0.15) is 0 Å². The maximum Gasteiger partial charge on any atom is 0.371 e. The van der Waals surface area contributed by atoms with E-state index in [9.17, 15) is 9.90 Å². The summed E-state index contributed by atoms with van der Waals surface area (Å²) >= 11 is 0. The second-order valence-corrected chi connectivity index (χ2v) is 4.77. The van der Waals surface area contributed by atoms with Crippen LogP contribution in [0.15, 0.2) is 16.5 Å². The molecule has 0 aliphatic carbocycles. The maximum absolute atomic E-state index is 10.7. The molecular formula is C12H19NO4. The van der Waals surface area contributed by atoms with E-state index in [0.29, 0.717) is 5.76 Å². The third kappa shape index (κ3) is 3.31. The summed E-state index contributed by atoms with van der Waals surface area (Å²) in [5, 5.41) is 21.5. The Labute approximate surface area is 100 Å². The van der Waals surface area contributed by atoms with Crippen LogP contribution in [-0.2, 0) is 0 Å². The summed E-state index contributed by atoms with van der Waals surface area (Å²) in [6, 6.07) is 2.87. The lowest BCUT2D eigenvalue weighted by Gasteiger charge is -2.32. The first-order chi connectivity index (χ1) is 7.74. The molecule has 3 N–H and O–H groups in total. The molecule has 5 heteroatoms. The van der Waals surface area contributed by atoms with E-state index in [1.165, 1.54) is 6.07 Å². The zero-order chi connectivity index (χ0) is 13.2. The first-order valence-electron chi connectivity index (χ1n) is 5.53. The van der Waals surface area contributed by atoms with Crippen molar-refractivity contribution >= 4 is 5.97 Å². The lowest BCUT2D eigenvalue weighted by atomic mass is 9.97. The zero-order valence-electron chi connectivity index (χ0n) is 10.5. The normalized spacial score (nSPS) is 15.6. The van der Waals surface area contributed by atoms with Crippen molar-refractivity contribution in [3.8, 4) is 0 Å². The summed E-state index contributed by atoms with van der Waals surface area (Å²) < 4.78 is 5.19. The largest absolute Gasteiger partial charge is 0.475 e. The van der Waals surface area contributed by atoms with Crippen LogP contribution in [0.5, 0.6) is 0 Å². The highest BCUT2D eigenvalue weighted by Gasteiger charge is 2.27. The summed E-state index contributed by atoms with van der Waals surface area (Å²) in [5.74, 6) is -0.627. The topological polar surface area (TPSA) is 82.7 Å². The highest BCUT2D eigenvalue weighted by Crippen LogP contribution is 2.20. The Morgan fingerprint density at radius 1 is 1.41 bits per heavy atom. The third-order valence-electron chi connectivity index (χ3n) is 2.90. The second kappa shape index (κ2) is 4.89. The lowest BCUT2D eigenvalue weighted by Crippen LogP contribution is -2.49. The number of rotatable bonds is 5. The molecule has 0 saturated carbocycles. The van der Waals surface area contributed by atoms with Crippen molar-refractivity contribution < 1.29 is 19.4 Å². The fourth-order valence-electron chi connectivity index (χ4n) is 1.45. The Balaban J connectivity index is 2.76. The van der Waals surface area contributed by atoms with Crippen molar-refractivity contribution in [3.63, 3.8) is 0 Å². The van der Waals surface area contributed by atoms with Crippen LogP contribution in [0.4, 0.5) is 0 Å². The predicted octanol–water partition coefficient (Wildman–Crippen LogP) is 1.79. The minimum absolute atomic E-state index is 0.0801. The molecule has 0 fully saturated rings. The number of nitrogens with one attached hydrogen (secondary N) is 1. The highest BCUT2D eigenvalue weighted by atomic mass is 16.4. The van der Waals surface area contributed by atoms with Gasteiger partial charge >= 0.3 is 5.97 Å². The molecule has 0 saturated heterocycles. The minimum Gasteiger partial charge on any atom is -0.475 e. The average molecular weight is 241 g/mol. The van der Waals surface area contributed by atoms with Gasteiger partial charge in [-0.3, -0.25) is 0 Å². The number of aliphatic hydroxyl groups is 1. The summed E-state index contributed by atoms with van der Waals surface area (Å²) in [6.07, 6.45) is -0.529. The highest BCUT2D eigenvalue weighted by molar-refractivity contribution is 5.84. The molecular weight excluding hydrogens is 222 g/mol. The molecule has 5 nitrogen and oxygen atoms in total. The number of carboxylic acid groups (broad SMARTS) is 1. The number of hydrogen-bond donors (Lipinski definition) is 3. The summed E-state index contributed by atoms with van der Waals surface area (Å²) in [5.41, 5.74) is -0.477. The van der Waals surface area contributed by atoms with Gasteiger partial charge in [0.2, 0.25) is 5.76 Å². The van der Waals surface area contributed by atoms with Crippen molar-refractivity contribution in [3.05, 3.63) is 23.7 Å². The van der Waals surface area contributed by atoms with Gasteiger partial charge in [-0.1, -0.05) is 0 Å². The molecule has 2 atom stereocenters. The molecule has 2 unspecified atom stereocenters. The van der Waals surface area contributed by atoms with Crippen LogP contribution in [-0.4, -0.2) is 27.8 Å². The fraction of sp³-hybridized carbons (Fsp3) is 0.583. The molecule has 0 bridgehead atoms. The van der Waals surface area contributed by atoms with Crippen LogP contribution < -0.4 is 5.32 Å².